The molecule has 0 aliphatic heterocycles. The van der Waals surface area contributed by atoms with E-state index in [0.717, 1.165) is 12.0 Å². The number of esters is 1. The molecule has 0 radical (unpaired) electrons. The second kappa shape index (κ2) is 4.77. The van der Waals surface area contributed by atoms with Crippen LogP contribution in [0.1, 0.15) is 28.5 Å². The van der Waals surface area contributed by atoms with Gasteiger partial charge in [0.1, 0.15) is 0 Å². The highest BCUT2D eigenvalue weighted by atomic mass is 16.5. The van der Waals surface area contributed by atoms with Crippen molar-refractivity contribution in [3.63, 3.8) is 0 Å². The van der Waals surface area contributed by atoms with Gasteiger partial charge in [0.05, 0.1) is 25.5 Å². The maximum atomic E-state index is 11.4. The molecule has 0 bridgehead atoms. The van der Waals surface area contributed by atoms with Gasteiger partial charge in [-0.05, 0) is 19.4 Å². The van der Waals surface area contributed by atoms with Crippen LogP contribution in [0.4, 0.5) is 0 Å². The first kappa shape index (κ1) is 11.5. The Kier molecular flexibility index (Phi) is 3.66. The molecule has 1 aromatic rings. The van der Waals surface area contributed by atoms with Crippen LogP contribution in [0.25, 0.3) is 0 Å². The molecule has 4 heteroatoms. The zero-order valence-electron chi connectivity index (χ0n) is 9.46. The molecule has 0 unspecified atom stereocenters. The molecular weight excluding hydrogens is 194 g/mol. The summed E-state index contributed by atoms with van der Waals surface area (Å²) in [6, 6.07) is 1.77. The number of ether oxygens (including phenoxy) is 2. The van der Waals surface area contributed by atoms with Crippen LogP contribution in [0.2, 0.25) is 0 Å². The van der Waals surface area contributed by atoms with Crippen LogP contribution in [0.15, 0.2) is 6.07 Å². The van der Waals surface area contributed by atoms with Crippen molar-refractivity contribution in [2.24, 2.45) is 0 Å². The summed E-state index contributed by atoms with van der Waals surface area (Å²) in [6.45, 7) is 3.74. The maximum absolute atomic E-state index is 11.4. The third kappa shape index (κ3) is 2.26. The van der Waals surface area contributed by atoms with Crippen molar-refractivity contribution in [2.45, 2.75) is 20.3 Å². The van der Waals surface area contributed by atoms with E-state index in [-0.39, 0.29) is 5.97 Å². The number of aryl methyl sites for hydroxylation is 2. The van der Waals surface area contributed by atoms with Crippen LogP contribution in [0, 0.1) is 6.92 Å². The molecule has 1 rings (SSSR count). The van der Waals surface area contributed by atoms with Crippen molar-refractivity contribution >= 4 is 5.97 Å². The van der Waals surface area contributed by atoms with Gasteiger partial charge in [0.15, 0.2) is 0 Å². The Morgan fingerprint density at radius 1 is 1.47 bits per heavy atom. The van der Waals surface area contributed by atoms with Crippen LogP contribution >= 0.6 is 0 Å². The summed E-state index contributed by atoms with van der Waals surface area (Å²) in [5, 5.41) is 0. The molecule has 82 valence electrons. The number of hydrogen-bond acceptors (Lipinski definition) is 4. The first-order valence-electron chi connectivity index (χ1n) is 4.76. The van der Waals surface area contributed by atoms with Gasteiger partial charge >= 0.3 is 5.97 Å². The molecule has 0 fully saturated rings. The predicted molar refractivity (Wildman–Crippen MR) is 56.2 cm³/mol. The molecule has 0 aliphatic carbocycles. The minimum atomic E-state index is -0.364. The molecule has 0 spiro atoms. The summed E-state index contributed by atoms with van der Waals surface area (Å²) >= 11 is 0. The Labute approximate surface area is 89.2 Å². The third-order valence-corrected chi connectivity index (χ3v) is 2.23. The monoisotopic (exact) mass is 209 g/mol. The van der Waals surface area contributed by atoms with Crippen LogP contribution in [-0.4, -0.2) is 25.2 Å². The summed E-state index contributed by atoms with van der Waals surface area (Å²) in [6.07, 6.45) is 0.764. The van der Waals surface area contributed by atoms with Gasteiger partial charge < -0.3 is 9.47 Å². The van der Waals surface area contributed by atoms with E-state index in [1.165, 1.54) is 7.11 Å². The van der Waals surface area contributed by atoms with Crippen molar-refractivity contribution in [2.75, 3.05) is 14.2 Å². The van der Waals surface area contributed by atoms with Crippen LogP contribution < -0.4 is 4.74 Å². The van der Waals surface area contributed by atoms with Gasteiger partial charge in [-0.3, -0.25) is 0 Å². The van der Waals surface area contributed by atoms with E-state index in [1.807, 2.05) is 6.92 Å². The molecule has 0 amide bonds. The number of methoxy groups -OCH3 is 2. The molecular formula is C11H15NO3. The predicted octanol–water partition coefficient (Wildman–Crippen LogP) is 1.75. The Bertz CT molecular complexity index is 374. The van der Waals surface area contributed by atoms with Crippen molar-refractivity contribution in [3.05, 3.63) is 22.9 Å². The van der Waals surface area contributed by atoms with Gasteiger partial charge in [-0.25, -0.2) is 9.78 Å². The fraction of sp³-hybridized carbons (Fsp3) is 0.455. The SMILES string of the molecule is CCc1cc(C(=O)OC)c(C)nc1OC. The Morgan fingerprint density at radius 3 is 2.60 bits per heavy atom. The zero-order valence-corrected chi connectivity index (χ0v) is 9.46. The van der Waals surface area contributed by atoms with Gasteiger partial charge in [0.2, 0.25) is 5.88 Å². The smallest absolute Gasteiger partial charge is 0.339 e. The summed E-state index contributed by atoms with van der Waals surface area (Å²) in [7, 11) is 2.93. The summed E-state index contributed by atoms with van der Waals surface area (Å²) in [4.78, 5) is 15.6. The van der Waals surface area contributed by atoms with Crippen molar-refractivity contribution in [1.29, 1.82) is 0 Å². The number of carbonyl (C=O) groups is 1. The number of aromatic nitrogens is 1. The van der Waals surface area contributed by atoms with Crippen LogP contribution in [0.5, 0.6) is 5.88 Å². The second-order valence-electron chi connectivity index (χ2n) is 3.13. The second-order valence-corrected chi connectivity index (χ2v) is 3.13. The largest absolute Gasteiger partial charge is 0.481 e. The number of pyridine rings is 1. The van der Waals surface area contributed by atoms with Gasteiger partial charge in [-0.15, -0.1) is 0 Å². The van der Waals surface area contributed by atoms with E-state index in [2.05, 4.69) is 9.72 Å². The summed E-state index contributed by atoms with van der Waals surface area (Å²) in [5.74, 6) is 0.208. The molecule has 4 nitrogen and oxygen atoms in total. The van der Waals surface area contributed by atoms with E-state index in [9.17, 15) is 4.79 Å². The molecule has 1 heterocycles. The summed E-state index contributed by atoms with van der Waals surface area (Å²) < 4.78 is 9.79. The normalized spacial score (nSPS) is 9.87. The first-order chi connectivity index (χ1) is 7.13. The molecule has 0 aromatic carbocycles. The molecule has 0 aliphatic rings. The van der Waals surface area contributed by atoms with Gasteiger partial charge in [0.25, 0.3) is 0 Å². The lowest BCUT2D eigenvalue weighted by atomic mass is 10.1. The highest BCUT2D eigenvalue weighted by Gasteiger charge is 2.14. The van der Waals surface area contributed by atoms with E-state index in [0.29, 0.717) is 17.1 Å². The number of rotatable bonds is 3. The lowest BCUT2D eigenvalue weighted by molar-refractivity contribution is 0.0599. The number of nitrogens with zero attached hydrogens (tertiary/aromatic N) is 1. The fourth-order valence-corrected chi connectivity index (χ4v) is 1.37. The van der Waals surface area contributed by atoms with Gasteiger partial charge in [-0.1, -0.05) is 6.92 Å². The minimum absolute atomic E-state index is 0.364. The number of carbonyl (C=O) groups excluding carboxylic acids is 1. The van der Waals surface area contributed by atoms with Crippen LogP contribution in [0.3, 0.4) is 0 Å². The molecule has 0 N–H and O–H groups in total. The van der Waals surface area contributed by atoms with Crippen molar-refractivity contribution in [1.82, 2.24) is 4.98 Å². The van der Waals surface area contributed by atoms with Gasteiger partial charge in [-0.2, -0.15) is 0 Å². The Balaban J connectivity index is 3.25. The van der Waals surface area contributed by atoms with Crippen LogP contribution in [-0.2, 0) is 11.2 Å². The lowest BCUT2D eigenvalue weighted by Gasteiger charge is -2.09. The van der Waals surface area contributed by atoms with E-state index in [1.54, 1.807) is 20.1 Å². The molecule has 0 atom stereocenters. The Morgan fingerprint density at radius 2 is 2.13 bits per heavy atom. The van der Waals surface area contributed by atoms with E-state index >= 15 is 0 Å². The van der Waals surface area contributed by atoms with E-state index in [4.69, 9.17) is 4.74 Å². The van der Waals surface area contributed by atoms with Crippen molar-refractivity contribution in [3.8, 4) is 5.88 Å². The van der Waals surface area contributed by atoms with E-state index < -0.39 is 0 Å². The third-order valence-electron chi connectivity index (χ3n) is 2.23. The van der Waals surface area contributed by atoms with Crippen molar-refractivity contribution < 1.29 is 14.3 Å². The van der Waals surface area contributed by atoms with Gasteiger partial charge in [0, 0.05) is 5.56 Å². The summed E-state index contributed by atoms with van der Waals surface area (Å²) in [5.41, 5.74) is 2.02. The first-order valence-corrected chi connectivity index (χ1v) is 4.76. The minimum Gasteiger partial charge on any atom is -0.481 e. The topological polar surface area (TPSA) is 48.4 Å². The zero-order chi connectivity index (χ0) is 11.4. The average molecular weight is 209 g/mol. The molecule has 1 aromatic heterocycles. The lowest BCUT2D eigenvalue weighted by Crippen LogP contribution is -2.08. The molecule has 0 saturated carbocycles. The standard InChI is InChI=1S/C11H15NO3/c1-5-8-6-9(11(13)15-4)7(2)12-10(8)14-3/h6H,5H2,1-4H3. The molecule has 0 saturated heterocycles. The molecule has 15 heavy (non-hydrogen) atoms. The number of hydrogen-bond donors (Lipinski definition) is 0. The highest BCUT2D eigenvalue weighted by molar-refractivity contribution is 5.90. The Hall–Kier alpha value is -1.58. The fourth-order valence-electron chi connectivity index (χ4n) is 1.37. The maximum Gasteiger partial charge on any atom is 0.339 e. The highest BCUT2D eigenvalue weighted by Crippen LogP contribution is 2.20. The quantitative estimate of drug-likeness (QED) is 0.711. The average Bonchev–Trinajstić information content (AvgIpc) is 2.27.